The SMILES string of the molecule is CC(C)(C)c1ccc(N=Cc2ccccn2)cc1. The van der Waals surface area contributed by atoms with Gasteiger partial charge >= 0.3 is 0 Å². The van der Waals surface area contributed by atoms with E-state index in [2.05, 4.69) is 42.9 Å². The highest BCUT2D eigenvalue weighted by molar-refractivity contribution is 5.79. The van der Waals surface area contributed by atoms with Gasteiger partial charge in [-0.3, -0.25) is 9.98 Å². The molecule has 0 saturated heterocycles. The minimum absolute atomic E-state index is 0.184. The summed E-state index contributed by atoms with van der Waals surface area (Å²) in [7, 11) is 0. The van der Waals surface area contributed by atoms with Crippen LogP contribution in [0.25, 0.3) is 0 Å². The van der Waals surface area contributed by atoms with E-state index >= 15 is 0 Å². The maximum absolute atomic E-state index is 4.41. The van der Waals surface area contributed by atoms with E-state index < -0.39 is 0 Å². The van der Waals surface area contributed by atoms with Gasteiger partial charge in [0.1, 0.15) is 0 Å². The van der Waals surface area contributed by atoms with Crippen LogP contribution >= 0.6 is 0 Å². The number of nitrogens with zero attached hydrogens (tertiary/aromatic N) is 2. The largest absolute Gasteiger partial charge is 0.255 e. The second-order valence-electron chi connectivity index (χ2n) is 5.31. The molecule has 18 heavy (non-hydrogen) atoms. The molecule has 0 N–H and O–H groups in total. The normalized spacial score (nSPS) is 11.9. The van der Waals surface area contributed by atoms with Crippen molar-refractivity contribution in [2.24, 2.45) is 4.99 Å². The Morgan fingerprint density at radius 1 is 1.00 bits per heavy atom. The zero-order valence-corrected chi connectivity index (χ0v) is 11.1. The first kappa shape index (κ1) is 12.5. The van der Waals surface area contributed by atoms with Gasteiger partial charge in [-0.1, -0.05) is 39.0 Å². The van der Waals surface area contributed by atoms with Crippen molar-refractivity contribution in [1.82, 2.24) is 4.98 Å². The van der Waals surface area contributed by atoms with Crippen molar-refractivity contribution in [3.05, 3.63) is 59.9 Å². The summed E-state index contributed by atoms with van der Waals surface area (Å²) in [5.74, 6) is 0. The van der Waals surface area contributed by atoms with E-state index in [9.17, 15) is 0 Å². The Labute approximate surface area is 108 Å². The molecule has 0 atom stereocenters. The predicted molar refractivity (Wildman–Crippen MR) is 76.6 cm³/mol. The Morgan fingerprint density at radius 3 is 2.28 bits per heavy atom. The van der Waals surface area contributed by atoms with E-state index in [1.807, 2.05) is 30.3 Å². The maximum atomic E-state index is 4.41. The van der Waals surface area contributed by atoms with Crippen molar-refractivity contribution in [2.45, 2.75) is 26.2 Å². The number of hydrogen-bond acceptors (Lipinski definition) is 2. The zero-order chi connectivity index (χ0) is 13.0. The molecule has 0 aliphatic heterocycles. The number of benzene rings is 1. The average Bonchev–Trinajstić information content (AvgIpc) is 2.37. The van der Waals surface area contributed by atoms with Crippen molar-refractivity contribution in [3.63, 3.8) is 0 Å². The number of rotatable bonds is 2. The average molecular weight is 238 g/mol. The van der Waals surface area contributed by atoms with Gasteiger partial charge in [0.05, 0.1) is 17.6 Å². The summed E-state index contributed by atoms with van der Waals surface area (Å²) in [4.78, 5) is 8.61. The highest BCUT2D eigenvalue weighted by Crippen LogP contribution is 2.24. The van der Waals surface area contributed by atoms with Gasteiger partial charge in [0.2, 0.25) is 0 Å². The van der Waals surface area contributed by atoms with Gasteiger partial charge in [-0.2, -0.15) is 0 Å². The Bertz CT molecular complexity index is 519. The molecule has 0 amide bonds. The number of aliphatic imine (C=N–C) groups is 1. The van der Waals surface area contributed by atoms with Gasteiger partial charge in [0, 0.05) is 6.20 Å². The minimum atomic E-state index is 0.184. The van der Waals surface area contributed by atoms with Gasteiger partial charge < -0.3 is 0 Å². The quantitative estimate of drug-likeness (QED) is 0.722. The van der Waals surface area contributed by atoms with Crippen LogP contribution in [0.1, 0.15) is 32.0 Å². The van der Waals surface area contributed by atoms with Gasteiger partial charge in [-0.05, 0) is 35.2 Å². The second kappa shape index (κ2) is 5.13. The molecule has 0 saturated carbocycles. The maximum Gasteiger partial charge on any atom is 0.0812 e. The van der Waals surface area contributed by atoms with Crippen molar-refractivity contribution in [2.75, 3.05) is 0 Å². The molecule has 92 valence electrons. The van der Waals surface area contributed by atoms with Crippen LogP contribution in [-0.4, -0.2) is 11.2 Å². The molecule has 1 heterocycles. The first-order valence-corrected chi connectivity index (χ1v) is 6.11. The molecule has 2 nitrogen and oxygen atoms in total. The Balaban J connectivity index is 2.14. The van der Waals surface area contributed by atoms with Gasteiger partial charge in [-0.15, -0.1) is 0 Å². The Morgan fingerprint density at radius 2 is 1.72 bits per heavy atom. The summed E-state index contributed by atoms with van der Waals surface area (Å²) in [6.45, 7) is 6.62. The smallest absolute Gasteiger partial charge is 0.0812 e. The van der Waals surface area contributed by atoms with Crippen LogP contribution in [0, 0.1) is 0 Å². The number of hydrogen-bond donors (Lipinski definition) is 0. The lowest BCUT2D eigenvalue weighted by Crippen LogP contribution is -2.10. The lowest BCUT2D eigenvalue weighted by molar-refractivity contribution is 0.590. The highest BCUT2D eigenvalue weighted by atomic mass is 14.8. The molecule has 2 aromatic rings. The lowest BCUT2D eigenvalue weighted by atomic mass is 9.87. The molecular weight excluding hydrogens is 220 g/mol. The van der Waals surface area contributed by atoms with E-state index in [1.54, 1.807) is 12.4 Å². The van der Waals surface area contributed by atoms with E-state index in [-0.39, 0.29) is 5.41 Å². The molecule has 0 spiro atoms. The molecule has 2 heteroatoms. The van der Waals surface area contributed by atoms with E-state index in [0.29, 0.717) is 0 Å². The summed E-state index contributed by atoms with van der Waals surface area (Å²) in [5, 5.41) is 0. The second-order valence-corrected chi connectivity index (χ2v) is 5.31. The summed E-state index contributed by atoms with van der Waals surface area (Å²) >= 11 is 0. The lowest BCUT2D eigenvalue weighted by Gasteiger charge is -2.18. The summed E-state index contributed by atoms with van der Waals surface area (Å²) in [5.41, 5.74) is 3.33. The molecule has 0 unspecified atom stereocenters. The van der Waals surface area contributed by atoms with Crippen LogP contribution in [-0.2, 0) is 5.41 Å². The van der Waals surface area contributed by atoms with Crippen LogP contribution in [0.4, 0.5) is 5.69 Å². The van der Waals surface area contributed by atoms with Crippen molar-refractivity contribution >= 4 is 11.9 Å². The summed E-state index contributed by atoms with van der Waals surface area (Å²) < 4.78 is 0. The van der Waals surface area contributed by atoms with Crippen LogP contribution in [0.3, 0.4) is 0 Å². The molecular formula is C16H18N2. The predicted octanol–water partition coefficient (Wildman–Crippen LogP) is 4.13. The fourth-order valence-electron chi connectivity index (χ4n) is 1.64. The molecule has 0 fully saturated rings. The minimum Gasteiger partial charge on any atom is -0.255 e. The van der Waals surface area contributed by atoms with Crippen LogP contribution < -0.4 is 0 Å². The number of aromatic nitrogens is 1. The van der Waals surface area contributed by atoms with Crippen molar-refractivity contribution in [3.8, 4) is 0 Å². The number of pyridine rings is 1. The third-order valence-electron chi connectivity index (χ3n) is 2.77. The first-order valence-electron chi connectivity index (χ1n) is 6.11. The monoisotopic (exact) mass is 238 g/mol. The van der Waals surface area contributed by atoms with Crippen molar-refractivity contribution < 1.29 is 0 Å². The fourth-order valence-corrected chi connectivity index (χ4v) is 1.64. The Kier molecular flexibility index (Phi) is 3.56. The van der Waals surface area contributed by atoms with E-state index in [1.165, 1.54) is 5.56 Å². The molecule has 0 aliphatic carbocycles. The third kappa shape index (κ3) is 3.27. The molecule has 1 aromatic heterocycles. The fraction of sp³-hybridized carbons (Fsp3) is 0.250. The Hall–Kier alpha value is -1.96. The van der Waals surface area contributed by atoms with Gasteiger partial charge in [0.15, 0.2) is 0 Å². The highest BCUT2D eigenvalue weighted by Gasteiger charge is 2.12. The summed E-state index contributed by atoms with van der Waals surface area (Å²) in [6.07, 6.45) is 3.55. The van der Waals surface area contributed by atoms with E-state index in [4.69, 9.17) is 0 Å². The standard InChI is InChI=1S/C16H18N2/c1-16(2,3)13-7-9-14(10-8-13)18-12-15-6-4-5-11-17-15/h4-12H,1-3H3. The first-order chi connectivity index (χ1) is 8.55. The zero-order valence-electron chi connectivity index (χ0n) is 11.1. The molecule has 0 bridgehead atoms. The molecule has 0 radical (unpaired) electrons. The summed E-state index contributed by atoms with van der Waals surface area (Å²) in [6, 6.07) is 14.1. The van der Waals surface area contributed by atoms with Crippen LogP contribution in [0.2, 0.25) is 0 Å². The molecule has 0 aliphatic rings. The van der Waals surface area contributed by atoms with Gasteiger partial charge in [0.25, 0.3) is 0 Å². The van der Waals surface area contributed by atoms with Crippen LogP contribution in [0.5, 0.6) is 0 Å². The molecule has 2 rings (SSSR count). The topological polar surface area (TPSA) is 25.2 Å². The van der Waals surface area contributed by atoms with Crippen molar-refractivity contribution in [1.29, 1.82) is 0 Å². The van der Waals surface area contributed by atoms with E-state index in [0.717, 1.165) is 11.4 Å². The third-order valence-corrected chi connectivity index (χ3v) is 2.77. The van der Waals surface area contributed by atoms with Gasteiger partial charge in [-0.25, -0.2) is 0 Å². The van der Waals surface area contributed by atoms with Crippen LogP contribution in [0.15, 0.2) is 53.7 Å². The molecule has 1 aromatic carbocycles.